The highest BCUT2D eigenvalue weighted by Crippen LogP contribution is 2.51. The van der Waals surface area contributed by atoms with Crippen LogP contribution >= 0.6 is 24.0 Å². The van der Waals surface area contributed by atoms with Gasteiger partial charge in [0.05, 0.1) is 12.6 Å². The summed E-state index contributed by atoms with van der Waals surface area (Å²) < 4.78 is 8.16. The van der Waals surface area contributed by atoms with Gasteiger partial charge in [0.15, 0.2) is 5.96 Å². The summed E-state index contributed by atoms with van der Waals surface area (Å²) in [5, 5.41) is 3.71. The summed E-state index contributed by atoms with van der Waals surface area (Å²) in [4.78, 5) is 6.70. The summed E-state index contributed by atoms with van der Waals surface area (Å²) in [5.74, 6) is 1.58. The second kappa shape index (κ2) is 7.64. The first-order valence-corrected chi connectivity index (χ1v) is 8.61. The highest BCUT2D eigenvalue weighted by Gasteiger charge is 2.58. The molecule has 0 amide bonds. The Bertz CT molecular complexity index is 583. The maximum atomic E-state index is 6.00. The number of hydrogen-bond acceptors (Lipinski definition) is 2. The molecular formula is C18H31IN4O. The van der Waals surface area contributed by atoms with E-state index >= 15 is 0 Å². The van der Waals surface area contributed by atoms with Crippen LogP contribution in [0.15, 0.2) is 23.3 Å². The van der Waals surface area contributed by atoms with Gasteiger partial charge in [-0.05, 0) is 25.0 Å². The van der Waals surface area contributed by atoms with Gasteiger partial charge in [-0.25, -0.2) is 0 Å². The zero-order chi connectivity index (χ0) is 16.6. The van der Waals surface area contributed by atoms with E-state index in [0.717, 1.165) is 19.1 Å². The van der Waals surface area contributed by atoms with E-state index in [1.165, 1.54) is 18.5 Å². The fourth-order valence-corrected chi connectivity index (χ4v) is 4.28. The van der Waals surface area contributed by atoms with E-state index in [2.05, 4.69) is 66.0 Å². The Kier molecular flexibility index (Phi) is 6.23. The number of aryl methyl sites for hydroxylation is 1. The fourth-order valence-electron chi connectivity index (χ4n) is 4.28. The van der Waals surface area contributed by atoms with Crippen LogP contribution < -0.4 is 5.32 Å². The Morgan fingerprint density at radius 2 is 2.25 bits per heavy atom. The molecule has 3 unspecified atom stereocenters. The van der Waals surface area contributed by atoms with Crippen LogP contribution in [0.25, 0.3) is 0 Å². The zero-order valence-electron chi connectivity index (χ0n) is 15.5. The molecular weight excluding hydrogens is 415 g/mol. The molecule has 2 heterocycles. The standard InChI is InChI=1S/C18H30N4O.HI/c1-18(2)15(14-9-7-11-23-16(14)18)20-17(19-3)22(5)12-13-8-6-10-21(13)4;/h6,8,10,14-16H,7,9,11-12H2,1-5H3,(H,19,20);1H. The number of ether oxygens (including phenoxy) is 1. The molecule has 3 rings (SSSR count). The first-order valence-electron chi connectivity index (χ1n) is 8.61. The van der Waals surface area contributed by atoms with Gasteiger partial charge in [0, 0.05) is 57.0 Å². The lowest BCUT2D eigenvalue weighted by Crippen LogP contribution is -2.71. The molecule has 1 saturated carbocycles. The minimum Gasteiger partial charge on any atom is -0.377 e. The Morgan fingerprint density at radius 3 is 2.88 bits per heavy atom. The van der Waals surface area contributed by atoms with E-state index in [4.69, 9.17) is 4.74 Å². The molecule has 1 aromatic rings. The molecule has 3 atom stereocenters. The normalized spacial score (nSPS) is 28.4. The molecule has 2 fully saturated rings. The van der Waals surface area contributed by atoms with Crippen molar-refractivity contribution in [3.8, 4) is 0 Å². The Hall–Kier alpha value is -0.760. The van der Waals surface area contributed by atoms with Gasteiger partial charge in [-0.2, -0.15) is 0 Å². The van der Waals surface area contributed by atoms with Crippen LogP contribution in [-0.2, 0) is 18.3 Å². The number of aliphatic imine (C=N–C) groups is 1. The van der Waals surface area contributed by atoms with Gasteiger partial charge in [-0.1, -0.05) is 13.8 Å². The van der Waals surface area contributed by atoms with Gasteiger partial charge in [-0.3, -0.25) is 4.99 Å². The number of halogens is 1. The zero-order valence-corrected chi connectivity index (χ0v) is 17.8. The first kappa shape index (κ1) is 19.6. The number of guanidine groups is 1. The molecule has 2 aliphatic rings. The predicted molar refractivity (Wildman–Crippen MR) is 109 cm³/mol. The highest BCUT2D eigenvalue weighted by molar-refractivity contribution is 14.0. The van der Waals surface area contributed by atoms with Crippen LogP contribution in [0.5, 0.6) is 0 Å². The molecule has 1 aliphatic heterocycles. The third kappa shape index (κ3) is 3.45. The molecule has 0 aromatic carbocycles. The third-order valence-electron chi connectivity index (χ3n) is 5.64. The lowest BCUT2D eigenvalue weighted by molar-refractivity contribution is -0.188. The van der Waals surface area contributed by atoms with Crippen molar-refractivity contribution in [2.75, 3.05) is 20.7 Å². The van der Waals surface area contributed by atoms with Crippen molar-refractivity contribution in [3.63, 3.8) is 0 Å². The maximum Gasteiger partial charge on any atom is 0.193 e. The number of fused-ring (bicyclic) bond motifs is 1. The van der Waals surface area contributed by atoms with E-state index in [1.54, 1.807) is 0 Å². The van der Waals surface area contributed by atoms with Crippen LogP contribution in [-0.4, -0.2) is 48.3 Å². The molecule has 1 aliphatic carbocycles. The van der Waals surface area contributed by atoms with Crippen LogP contribution in [0.3, 0.4) is 0 Å². The minimum atomic E-state index is 0. The molecule has 24 heavy (non-hydrogen) atoms. The molecule has 5 nitrogen and oxygen atoms in total. The van der Waals surface area contributed by atoms with E-state index in [9.17, 15) is 0 Å². The number of aromatic nitrogens is 1. The van der Waals surface area contributed by atoms with Crippen LogP contribution in [0.2, 0.25) is 0 Å². The maximum absolute atomic E-state index is 6.00. The van der Waals surface area contributed by atoms with Gasteiger partial charge in [-0.15, -0.1) is 24.0 Å². The van der Waals surface area contributed by atoms with Crippen LogP contribution in [0, 0.1) is 11.3 Å². The monoisotopic (exact) mass is 446 g/mol. The van der Waals surface area contributed by atoms with E-state index in [-0.39, 0.29) is 29.4 Å². The fraction of sp³-hybridized carbons (Fsp3) is 0.722. The molecule has 0 radical (unpaired) electrons. The van der Waals surface area contributed by atoms with Crippen molar-refractivity contribution >= 4 is 29.9 Å². The van der Waals surface area contributed by atoms with E-state index in [1.807, 2.05) is 7.05 Å². The SMILES string of the molecule is CN=C(NC1C2CCCOC2C1(C)C)N(C)Cc1cccn1C.I. The van der Waals surface area contributed by atoms with Gasteiger partial charge >= 0.3 is 0 Å². The van der Waals surface area contributed by atoms with Gasteiger partial charge < -0.3 is 19.5 Å². The van der Waals surface area contributed by atoms with E-state index < -0.39 is 0 Å². The quantitative estimate of drug-likeness (QED) is 0.441. The Morgan fingerprint density at radius 1 is 1.50 bits per heavy atom. The van der Waals surface area contributed by atoms with Crippen LogP contribution in [0.1, 0.15) is 32.4 Å². The van der Waals surface area contributed by atoms with Crippen molar-refractivity contribution < 1.29 is 4.74 Å². The summed E-state index contributed by atoms with van der Waals surface area (Å²) in [5.41, 5.74) is 1.44. The topological polar surface area (TPSA) is 41.8 Å². The van der Waals surface area contributed by atoms with E-state index in [0.29, 0.717) is 18.1 Å². The number of rotatable bonds is 3. The average molecular weight is 446 g/mol. The summed E-state index contributed by atoms with van der Waals surface area (Å²) in [6, 6.07) is 4.67. The van der Waals surface area contributed by atoms with Gasteiger partial charge in [0.2, 0.25) is 0 Å². The number of nitrogens with zero attached hydrogens (tertiary/aromatic N) is 3. The smallest absolute Gasteiger partial charge is 0.193 e. The number of hydrogen-bond donors (Lipinski definition) is 1. The van der Waals surface area contributed by atoms with Crippen molar-refractivity contribution in [2.24, 2.45) is 23.4 Å². The Labute approximate surface area is 162 Å². The van der Waals surface area contributed by atoms with Crippen molar-refractivity contribution in [1.29, 1.82) is 0 Å². The van der Waals surface area contributed by atoms with Gasteiger partial charge in [0.1, 0.15) is 0 Å². The molecule has 6 heteroatoms. The molecule has 0 spiro atoms. The second-order valence-corrected chi connectivity index (χ2v) is 7.55. The minimum absolute atomic E-state index is 0. The average Bonchev–Trinajstić information content (AvgIpc) is 2.93. The third-order valence-corrected chi connectivity index (χ3v) is 5.64. The largest absolute Gasteiger partial charge is 0.377 e. The highest BCUT2D eigenvalue weighted by atomic mass is 127. The summed E-state index contributed by atoms with van der Waals surface area (Å²) in [6.45, 7) is 6.38. The first-order chi connectivity index (χ1) is 10.9. The summed E-state index contributed by atoms with van der Waals surface area (Å²) in [6.07, 6.45) is 4.90. The molecule has 0 bridgehead atoms. The van der Waals surface area contributed by atoms with Crippen molar-refractivity contribution in [1.82, 2.24) is 14.8 Å². The summed E-state index contributed by atoms with van der Waals surface area (Å²) >= 11 is 0. The predicted octanol–water partition coefficient (Wildman–Crippen LogP) is 2.85. The van der Waals surface area contributed by atoms with Crippen molar-refractivity contribution in [2.45, 2.75) is 45.4 Å². The van der Waals surface area contributed by atoms with Gasteiger partial charge in [0.25, 0.3) is 0 Å². The van der Waals surface area contributed by atoms with Crippen LogP contribution in [0.4, 0.5) is 0 Å². The molecule has 1 saturated heterocycles. The summed E-state index contributed by atoms with van der Waals surface area (Å²) in [7, 11) is 6.05. The molecule has 1 aromatic heterocycles. The number of nitrogens with one attached hydrogen (secondary N) is 1. The van der Waals surface area contributed by atoms with Crippen molar-refractivity contribution in [3.05, 3.63) is 24.0 Å². The molecule has 136 valence electrons. The lowest BCUT2D eigenvalue weighted by atomic mass is 9.55. The molecule has 1 N–H and O–H groups in total. The second-order valence-electron chi connectivity index (χ2n) is 7.55. The lowest BCUT2D eigenvalue weighted by Gasteiger charge is -2.60. The Balaban J connectivity index is 0.00000208.